The number of aromatic amines is 1. The van der Waals surface area contributed by atoms with Crippen LogP contribution in [-0.2, 0) is 30.8 Å². The number of nitrogens with one attached hydrogen (secondary N) is 1. The number of hydrogen-bond acceptors (Lipinski definition) is 7. The van der Waals surface area contributed by atoms with Crippen molar-refractivity contribution in [1.29, 1.82) is 0 Å². The van der Waals surface area contributed by atoms with E-state index in [1.54, 1.807) is 29.1 Å². The number of benzene rings is 2. The molecular formula is C29H23Cl2N9OS. The molecule has 10 nitrogen and oxygen atoms in total. The van der Waals surface area contributed by atoms with Crippen molar-refractivity contribution in [1.82, 2.24) is 44.9 Å². The Morgan fingerprint density at radius 2 is 1.86 bits per heavy atom. The van der Waals surface area contributed by atoms with Gasteiger partial charge in [-0.05, 0) is 18.2 Å². The average molecular weight is 617 g/mol. The summed E-state index contributed by atoms with van der Waals surface area (Å²) in [5.74, 6) is -0.00683. The van der Waals surface area contributed by atoms with Gasteiger partial charge in [-0.3, -0.25) is 14.6 Å². The molecule has 0 radical (unpaired) electrons. The maximum Gasteiger partial charge on any atom is 0.229 e. The minimum absolute atomic E-state index is 0.00683. The molecule has 1 aliphatic rings. The number of amides is 1. The lowest BCUT2D eigenvalue weighted by molar-refractivity contribution is -0.132. The van der Waals surface area contributed by atoms with Gasteiger partial charge in [-0.1, -0.05) is 64.8 Å². The lowest BCUT2D eigenvalue weighted by Crippen LogP contribution is -2.39. The van der Waals surface area contributed by atoms with Gasteiger partial charge in [0.2, 0.25) is 5.91 Å². The van der Waals surface area contributed by atoms with Crippen LogP contribution in [-0.4, -0.2) is 57.3 Å². The van der Waals surface area contributed by atoms with Crippen molar-refractivity contribution in [2.24, 2.45) is 0 Å². The van der Waals surface area contributed by atoms with Crippen molar-refractivity contribution in [3.8, 4) is 33.1 Å². The van der Waals surface area contributed by atoms with Crippen molar-refractivity contribution in [3.63, 3.8) is 0 Å². The van der Waals surface area contributed by atoms with E-state index in [0.717, 1.165) is 28.2 Å². The van der Waals surface area contributed by atoms with E-state index in [1.165, 1.54) is 11.3 Å². The highest BCUT2D eigenvalue weighted by Gasteiger charge is 2.26. The van der Waals surface area contributed by atoms with E-state index in [9.17, 15) is 4.79 Å². The molecule has 0 spiro atoms. The van der Waals surface area contributed by atoms with E-state index in [4.69, 9.17) is 23.2 Å². The average Bonchev–Trinajstić information content (AvgIpc) is 3.81. The molecule has 0 saturated heterocycles. The second-order valence-corrected chi connectivity index (χ2v) is 11.6. The highest BCUT2D eigenvalue weighted by atomic mass is 35.5. The molecule has 210 valence electrons. The van der Waals surface area contributed by atoms with Crippen LogP contribution in [0, 0.1) is 0 Å². The summed E-state index contributed by atoms with van der Waals surface area (Å²) in [6.45, 7) is 2.09. The molecule has 0 saturated carbocycles. The van der Waals surface area contributed by atoms with Crippen LogP contribution < -0.4 is 0 Å². The molecule has 0 unspecified atom stereocenters. The summed E-state index contributed by atoms with van der Waals surface area (Å²) in [5.41, 5.74) is 6.71. The van der Waals surface area contributed by atoms with Gasteiger partial charge in [0, 0.05) is 28.6 Å². The summed E-state index contributed by atoms with van der Waals surface area (Å²) >= 11 is 14.1. The normalized spacial score (nSPS) is 13.0. The lowest BCUT2D eigenvalue weighted by atomic mass is 10.1. The highest BCUT2D eigenvalue weighted by Crippen LogP contribution is 2.36. The summed E-state index contributed by atoms with van der Waals surface area (Å²) in [4.78, 5) is 19.8. The second-order valence-electron chi connectivity index (χ2n) is 9.91. The first-order chi connectivity index (χ1) is 20.5. The second kappa shape index (κ2) is 11.2. The fraction of sp³-hybridized carbons (Fsp3) is 0.172. The molecule has 0 fully saturated rings. The first kappa shape index (κ1) is 26.6. The topological polar surface area (TPSA) is 110 Å². The quantitative estimate of drug-likeness (QED) is 0.250. The number of thiazole rings is 1. The standard InChI is InChI=1S/C29H23Cl2N9OS/c30-22-7-4-8-23(31)28(22)29-33-20(17-42-29)12-27(41)38-9-10-40-26(16-38)21(13-32-40)25-15-39(37-36-25)14-19-11-24(35-34-19)18-5-2-1-3-6-18/h1-8,11,13,15,17H,9-10,12,14,16H2,(H,34,35). The smallest absolute Gasteiger partial charge is 0.229 e. The molecule has 42 heavy (non-hydrogen) atoms. The Kier molecular flexibility index (Phi) is 7.06. The number of H-pyrrole nitrogens is 1. The fourth-order valence-corrected chi connectivity index (χ4v) is 6.60. The predicted octanol–water partition coefficient (Wildman–Crippen LogP) is 5.60. The molecule has 4 aromatic heterocycles. The molecule has 1 N–H and O–H groups in total. The van der Waals surface area contributed by atoms with Crippen LogP contribution in [0.2, 0.25) is 10.0 Å². The van der Waals surface area contributed by atoms with Gasteiger partial charge in [0.1, 0.15) is 10.7 Å². The van der Waals surface area contributed by atoms with Crippen molar-refractivity contribution >= 4 is 40.4 Å². The number of carbonyl (C=O) groups is 1. The fourth-order valence-electron chi connectivity index (χ4n) is 5.02. The minimum atomic E-state index is -0.00683. The monoisotopic (exact) mass is 615 g/mol. The first-order valence-electron chi connectivity index (χ1n) is 13.2. The van der Waals surface area contributed by atoms with Gasteiger partial charge in [0.05, 0.1) is 71.3 Å². The number of nitrogens with zero attached hydrogens (tertiary/aromatic N) is 8. The van der Waals surface area contributed by atoms with Crippen LogP contribution in [0.5, 0.6) is 0 Å². The molecule has 2 aromatic carbocycles. The zero-order chi connectivity index (χ0) is 28.6. The molecule has 7 rings (SSSR count). The van der Waals surface area contributed by atoms with Gasteiger partial charge in [0.15, 0.2) is 0 Å². The molecule has 1 amide bonds. The Bertz CT molecular complexity index is 1870. The third kappa shape index (κ3) is 5.22. The molecular weight excluding hydrogens is 593 g/mol. The Balaban J connectivity index is 1.04. The van der Waals surface area contributed by atoms with Crippen LogP contribution in [0.4, 0.5) is 0 Å². The van der Waals surface area contributed by atoms with E-state index < -0.39 is 0 Å². The van der Waals surface area contributed by atoms with Crippen molar-refractivity contribution in [2.45, 2.75) is 26.1 Å². The van der Waals surface area contributed by atoms with Crippen molar-refractivity contribution in [3.05, 3.63) is 99.5 Å². The molecule has 13 heteroatoms. The summed E-state index contributed by atoms with van der Waals surface area (Å²) in [7, 11) is 0. The summed E-state index contributed by atoms with van der Waals surface area (Å²) in [6, 6.07) is 17.4. The molecule has 0 atom stereocenters. The maximum absolute atomic E-state index is 13.3. The van der Waals surface area contributed by atoms with Gasteiger partial charge >= 0.3 is 0 Å². The molecule has 0 aliphatic carbocycles. The van der Waals surface area contributed by atoms with Gasteiger partial charge in [-0.15, -0.1) is 16.4 Å². The first-order valence-corrected chi connectivity index (χ1v) is 14.9. The van der Waals surface area contributed by atoms with Crippen molar-refractivity contribution < 1.29 is 4.79 Å². The summed E-state index contributed by atoms with van der Waals surface area (Å²) in [6.07, 6.45) is 3.87. The van der Waals surface area contributed by atoms with Gasteiger partial charge in [0.25, 0.3) is 0 Å². The molecule has 6 aromatic rings. The van der Waals surface area contributed by atoms with Crippen LogP contribution in [0.1, 0.15) is 17.1 Å². The zero-order valence-corrected chi connectivity index (χ0v) is 24.4. The SMILES string of the molecule is O=C(Cc1csc(-c2c(Cl)cccc2Cl)n1)N1CCn2ncc(-c3cn(Cc4cc(-c5ccccc5)n[nH]4)nn3)c2C1. The van der Waals surface area contributed by atoms with Crippen molar-refractivity contribution in [2.75, 3.05) is 6.54 Å². The van der Waals surface area contributed by atoms with Gasteiger partial charge < -0.3 is 4.90 Å². The largest absolute Gasteiger partial charge is 0.335 e. The Labute approximate surface area is 254 Å². The number of halogens is 2. The van der Waals surface area contributed by atoms with Crippen LogP contribution in [0.15, 0.2) is 72.4 Å². The van der Waals surface area contributed by atoms with Crippen LogP contribution in [0.25, 0.3) is 33.1 Å². The maximum atomic E-state index is 13.3. The molecule has 1 aliphatic heterocycles. The summed E-state index contributed by atoms with van der Waals surface area (Å²) < 4.78 is 3.69. The van der Waals surface area contributed by atoms with Gasteiger partial charge in [-0.2, -0.15) is 10.2 Å². The minimum Gasteiger partial charge on any atom is -0.335 e. The van der Waals surface area contributed by atoms with E-state index >= 15 is 0 Å². The number of hydrogen-bond donors (Lipinski definition) is 1. The molecule has 5 heterocycles. The number of carbonyl (C=O) groups excluding carboxylic acids is 1. The summed E-state index contributed by atoms with van der Waals surface area (Å²) in [5, 5.41) is 24.4. The third-order valence-corrected chi connectivity index (χ3v) is 8.67. The van der Waals surface area contributed by atoms with E-state index in [1.807, 2.05) is 57.6 Å². The number of fused-ring (bicyclic) bond motifs is 1. The number of aromatic nitrogens is 8. The third-order valence-electron chi connectivity index (χ3n) is 7.13. The van der Waals surface area contributed by atoms with Gasteiger partial charge in [-0.25, -0.2) is 9.67 Å². The Hall–Kier alpha value is -4.32. The lowest BCUT2D eigenvalue weighted by Gasteiger charge is -2.28. The predicted molar refractivity (Wildman–Crippen MR) is 161 cm³/mol. The Morgan fingerprint density at radius 3 is 2.69 bits per heavy atom. The number of rotatable bonds is 7. The van der Waals surface area contributed by atoms with E-state index in [-0.39, 0.29) is 12.3 Å². The van der Waals surface area contributed by atoms with E-state index in [0.29, 0.717) is 58.2 Å². The Morgan fingerprint density at radius 1 is 1.02 bits per heavy atom. The zero-order valence-electron chi connectivity index (χ0n) is 22.1. The van der Waals surface area contributed by atoms with Crippen LogP contribution >= 0.6 is 34.5 Å². The molecule has 0 bridgehead atoms. The van der Waals surface area contributed by atoms with Crippen LogP contribution in [0.3, 0.4) is 0 Å². The van der Waals surface area contributed by atoms with E-state index in [2.05, 4.69) is 30.6 Å². The highest BCUT2D eigenvalue weighted by molar-refractivity contribution is 7.13.